The van der Waals surface area contributed by atoms with Gasteiger partial charge in [0, 0.05) is 16.6 Å². The highest BCUT2D eigenvalue weighted by Gasteiger charge is 2.31. The van der Waals surface area contributed by atoms with Crippen LogP contribution in [0.3, 0.4) is 0 Å². The second-order valence-electron chi connectivity index (χ2n) is 6.85. The van der Waals surface area contributed by atoms with Gasteiger partial charge < -0.3 is 21.1 Å². The zero-order valence-corrected chi connectivity index (χ0v) is 16.4. The number of benzene rings is 2. The number of halogens is 1. The van der Waals surface area contributed by atoms with Crippen molar-refractivity contribution in [2.24, 2.45) is 5.73 Å². The van der Waals surface area contributed by atoms with E-state index < -0.39 is 24.1 Å². The molecule has 0 spiro atoms. The van der Waals surface area contributed by atoms with Gasteiger partial charge in [-0.15, -0.1) is 0 Å². The molecule has 0 saturated heterocycles. The van der Waals surface area contributed by atoms with Crippen LogP contribution in [0.1, 0.15) is 42.5 Å². The van der Waals surface area contributed by atoms with Gasteiger partial charge in [-0.1, -0.05) is 60.1 Å². The predicted molar refractivity (Wildman–Crippen MR) is 108 cm³/mol. The van der Waals surface area contributed by atoms with Gasteiger partial charge in [-0.25, -0.2) is 4.79 Å². The summed E-state index contributed by atoms with van der Waals surface area (Å²) in [6, 6.07) is 14.1. The maximum Gasteiger partial charge on any atom is 0.312 e. The average molecular weight is 416 g/mol. The van der Waals surface area contributed by atoms with Crippen LogP contribution >= 0.6 is 11.6 Å². The first-order chi connectivity index (χ1) is 13.9. The molecule has 1 fully saturated rings. The number of hydrogen-bond donors (Lipinski definition) is 3. The van der Waals surface area contributed by atoms with E-state index in [-0.39, 0.29) is 18.4 Å². The number of carbonyl (C=O) groups excluding carboxylic acids is 3. The maximum atomic E-state index is 12.7. The lowest BCUT2D eigenvalue weighted by molar-refractivity contribution is -0.157. The van der Waals surface area contributed by atoms with Gasteiger partial charge in [0.15, 0.2) is 0 Å². The molecule has 152 valence electrons. The fourth-order valence-corrected chi connectivity index (χ4v) is 3.19. The minimum Gasteiger partial charge on any atom is -0.447 e. The Balaban J connectivity index is 1.75. The van der Waals surface area contributed by atoms with Gasteiger partial charge in [-0.3, -0.25) is 9.59 Å². The van der Waals surface area contributed by atoms with Gasteiger partial charge in [-0.05, 0) is 24.5 Å². The highest BCUT2D eigenvalue weighted by atomic mass is 35.5. The maximum absolute atomic E-state index is 12.7. The molecule has 0 heterocycles. The van der Waals surface area contributed by atoms with E-state index in [4.69, 9.17) is 22.1 Å². The molecule has 2 aromatic carbocycles. The summed E-state index contributed by atoms with van der Waals surface area (Å²) >= 11 is 6.19. The molecule has 0 aromatic heterocycles. The molecule has 1 saturated carbocycles. The average Bonchev–Trinajstić information content (AvgIpc) is 3.50. The summed E-state index contributed by atoms with van der Waals surface area (Å²) in [4.78, 5) is 36.7. The van der Waals surface area contributed by atoms with Crippen molar-refractivity contribution in [1.29, 1.82) is 0 Å². The Bertz CT molecular complexity index is 887. The van der Waals surface area contributed by atoms with Gasteiger partial charge in [0.05, 0.1) is 12.5 Å². The molecule has 8 heteroatoms. The van der Waals surface area contributed by atoms with E-state index in [1.165, 1.54) is 0 Å². The third kappa shape index (κ3) is 5.96. The number of hydrogen-bond acceptors (Lipinski definition) is 4. The van der Waals surface area contributed by atoms with Crippen LogP contribution in [0.4, 0.5) is 4.79 Å². The second-order valence-corrected chi connectivity index (χ2v) is 7.26. The van der Waals surface area contributed by atoms with Crippen molar-refractivity contribution in [3.05, 3.63) is 70.7 Å². The highest BCUT2D eigenvalue weighted by molar-refractivity contribution is 6.31. The minimum atomic E-state index is -1.08. The molecule has 0 aliphatic heterocycles. The third-order valence-corrected chi connectivity index (χ3v) is 4.83. The van der Waals surface area contributed by atoms with Crippen molar-refractivity contribution in [2.75, 3.05) is 0 Å². The molecule has 2 aromatic rings. The van der Waals surface area contributed by atoms with Gasteiger partial charge in [-0.2, -0.15) is 0 Å². The Hall–Kier alpha value is -3.06. The largest absolute Gasteiger partial charge is 0.447 e. The fourth-order valence-electron chi connectivity index (χ4n) is 2.92. The number of primary amides is 1. The van der Waals surface area contributed by atoms with Crippen LogP contribution in [0.2, 0.25) is 5.02 Å². The second kappa shape index (κ2) is 9.43. The van der Waals surface area contributed by atoms with Crippen LogP contribution in [0.15, 0.2) is 54.6 Å². The smallest absolute Gasteiger partial charge is 0.312 e. The number of amides is 3. The van der Waals surface area contributed by atoms with Crippen molar-refractivity contribution >= 4 is 29.5 Å². The van der Waals surface area contributed by atoms with E-state index in [2.05, 4.69) is 10.6 Å². The highest BCUT2D eigenvalue weighted by Crippen LogP contribution is 2.28. The van der Waals surface area contributed by atoms with Crippen molar-refractivity contribution in [2.45, 2.75) is 37.5 Å². The van der Waals surface area contributed by atoms with E-state index in [0.717, 1.165) is 12.8 Å². The van der Waals surface area contributed by atoms with Crippen LogP contribution in [0.5, 0.6) is 0 Å². The zero-order valence-electron chi connectivity index (χ0n) is 15.6. The molecule has 3 amide bonds. The Morgan fingerprint density at radius 3 is 2.34 bits per heavy atom. The van der Waals surface area contributed by atoms with E-state index in [9.17, 15) is 14.4 Å². The Labute approximate surface area is 173 Å². The molecule has 4 N–H and O–H groups in total. The molecular weight excluding hydrogens is 394 g/mol. The van der Waals surface area contributed by atoms with Gasteiger partial charge >= 0.3 is 12.0 Å². The van der Waals surface area contributed by atoms with Crippen molar-refractivity contribution in [1.82, 2.24) is 10.6 Å². The predicted octanol–water partition coefficient (Wildman–Crippen LogP) is 3.00. The lowest BCUT2D eigenvalue weighted by atomic mass is 10.0. The molecule has 7 nitrogen and oxygen atoms in total. The SMILES string of the molecule is NC(=O)N[C@H](CC(=O)O[C@H](C(=O)NC1CC1)c1ccccc1)c1ccccc1Cl. The van der Waals surface area contributed by atoms with Crippen LogP contribution in [-0.4, -0.2) is 23.9 Å². The van der Waals surface area contributed by atoms with E-state index in [1.54, 1.807) is 48.5 Å². The Morgan fingerprint density at radius 1 is 1.07 bits per heavy atom. The fraction of sp³-hybridized carbons (Fsp3) is 0.286. The zero-order chi connectivity index (χ0) is 20.8. The molecule has 29 heavy (non-hydrogen) atoms. The summed E-state index contributed by atoms with van der Waals surface area (Å²) < 4.78 is 5.51. The molecule has 0 radical (unpaired) electrons. The van der Waals surface area contributed by atoms with Gasteiger partial charge in [0.25, 0.3) is 5.91 Å². The first kappa shape index (κ1) is 20.7. The van der Waals surface area contributed by atoms with Crippen LogP contribution in [0, 0.1) is 0 Å². The first-order valence-electron chi connectivity index (χ1n) is 9.29. The van der Waals surface area contributed by atoms with Crippen LogP contribution < -0.4 is 16.4 Å². The summed E-state index contributed by atoms with van der Waals surface area (Å²) in [6.45, 7) is 0. The van der Waals surface area contributed by atoms with Crippen molar-refractivity contribution in [3.8, 4) is 0 Å². The molecule has 2 atom stereocenters. The van der Waals surface area contributed by atoms with Gasteiger partial charge in [0.1, 0.15) is 0 Å². The molecule has 3 rings (SSSR count). The lowest BCUT2D eigenvalue weighted by Gasteiger charge is -2.21. The van der Waals surface area contributed by atoms with E-state index >= 15 is 0 Å². The standard InChI is InChI=1S/C21H22ClN3O4/c22-16-9-5-4-8-15(16)17(25-21(23)28)12-18(26)29-19(13-6-2-1-3-7-13)20(27)24-14-10-11-14/h1-9,14,17,19H,10-12H2,(H,24,27)(H3,23,25,28)/t17-,19+/m1/s1. The molecule has 1 aliphatic carbocycles. The third-order valence-electron chi connectivity index (χ3n) is 4.48. The molecule has 1 aliphatic rings. The summed E-state index contributed by atoms with van der Waals surface area (Å²) in [7, 11) is 0. The van der Waals surface area contributed by atoms with Crippen molar-refractivity contribution in [3.63, 3.8) is 0 Å². The normalized spacial score (nSPS) is 15.1. The number of carbonyl (C=O) groups is 3. The number of ether oxygens (including phenoxy) is 1. The number of urea groups is 1. The number of nitrogens with two attached hydrogens (primary N) is 1. The Morgan fingerprint density at radius 2 is 1.72 bits per heavy atom. The number of rotatable bonds is 8. The quantitative estimate of drug-likeness (QED) is 0.575. The summed E-state index contributed by atoms with van der Waals surface area (Å²) in [5, 5.41) is 5.74. The van der Waals surface area contributed by atoms with Gasteiger partial charge in [0.2, 0.25) is 6.10 Å². The summed E-state index contributed by atoms with van der Waals surface area (Å²) in [5.74, 6) is -1.03. The van der Waals surface area contributed by atoms with E-state index in [1.807, 2.05) is 6.07 Å². The first-order valence-corrected chi connectivity index (χ1v) is 9.67. The lowest BCUT2D eigenvalue weighted by Crippen LogP contribution is -2.36. The number of nitrogens with one attached hydrogen (secondary N) is 2. The topological polar surface area (TPSA) is 111 Å². The molecule has 0 bridgehead atoms. The summed E-state index contributed by atoms with van der Waals surface area (Å²) in [6.07, 6.45) is 0.522. The molecular formula is C21H22ClN3O4. The molecule has 0 unspecified atom stereocenters. The minimum absolute atomic E-state index is 0.125. The van der Waals surface area contributed by atoms with Crippen LogP contribution in [0.25, 0.3) is 0 Å². The van der Waals surface area contributed by atoms with Crippen molar-refractivity contribution < 1.29 is 19.1 Å². The summed E-state index contributed by atoms with van der Waals surface area (Å²) in [5.41, 5.74) is 6.35. The number of esters is 1. The van der Waals surface area contributed by atoms with Crippen LogP contribution in [-0.2, 0) is 14.3 Å². The van der Waals surface area contributed by atoms with E-state index in [0.29, 0.717) is 16.1 Å². The monoisotopic (exact) mass is 415 g/mol. The Kier molecular flexibility index (Phi) is 6.72.